The van der Waals surface area contributed by atoms with Gasteiger partial charge in [-0.1, -0.05) is 6.92 Å². The van der Waals surface area contributed by atoms with Crippen molar-refractivity contribution in [2.75, 3.05) is 11.9 Å². The van der Waals surface area contributed by atoms with Crippen LogP contribution in [0.4, 0.5) is 18.9 Å². The molecule has 3 nitrogen and oxygen atoms in total. The van der Waals surface area contributed by atoms with Gasteiger partial charge in [0.05, 0.1) is 11.5 Å². The Bertz CT molecular complexity index is 401. The quantitative estimate of drug-likeness (QED) is 0.855. The van der Waals surface area contributed by atoms with Gasteiger partial charge in [-0.25, -0.2) is 0 Å². The van der Waals surface area contributed by atoms with Crippen molar-refractivity contribution in [1.29, 1.82) is 0 Å². The van der Waals surface area contributed by atoms with E-state index in [1.165, 1.54) is 12.1 Å². The summed E-state index contributed by atoms with van der Waals surface area (Å²) in [7, 11) is 0. The summed E-state index contributed by atoms with van der Waals surface area (Å²) in [6.45, 7) is 1.98. The molecule has 0 aromatic heterocycles. The predicted molar refractivity (Wildman–Crippen MR) is 61.4 cm³/mol. The van der Waals surface area contributed by atoms with Crippen LogP contribution in [0, 0.1) is 5.92 Å². The number of benzene rings is 1. The number of hydrogen-bond donors (Lipinski definition) is 2. The minimum atomic E-state index is -4.34. The number of rotatable bonds is 5. The Morgan fingerprint density at radius 3 is 2.33 bits per heavy atom. The number of anilines is 1. The molecule has 1 unspecified atom stereocenters. The molecule has 0 fully saturated rings. The van der Waals surface area contributed by atoms with E-state index >= 15 is 0 Å². The summed E-state index contributed by atoms with van der Waals surface area (Å²) in [4.78, 5) is 10.5. The molecule has 100 valence electrons. The zero-order valence-corrected chi connectivity index (χ0v) is 9.79. The van der Waals surface area contributed by atoms with Crippen LogP contribution in [0.2, 0.25) is 0 Å². The van der Waals surface area contributed by atoms with Gasteiger partial charge >= 0.3 is 12.1 Å². The first-order chi connectivity index (χ1) is 8.30. The van der Waals surface area contributed by atoms with Crippen LogP contribution in [0.15, 0.2) is 24.3 Å². The van der Waals surface area contributed by atoms with Crippen molar-refractivity contribution in [2.24, 2.45) is 5.92 Å². The fourth-order valence-corrected chi connectivity index (χ4v) is 1.33. The predicted octanol–water partition coefficient (Wildman–Crippen LogP) is 3.23. The van der Waals surface area contributed by atoms with Crippen LogP contribution >= 0.6 is 0 Å². The van der Waals surface area contributed by atoms with Gasteiger partial charge in [0.15, 0.2) is 0 Å². The second-order valence-electron chi connectivity index (χ2n) is 4.03. The maximum absolute atomic E-state index is 12.3. The smallest absolute Gasteiger partial charge is 0.416 e. The highest BCUT2D eigenvalue weighted by Gasteiger charge is 2.29. The van der Waals surface area contributed by atoms with Crippen molar-refractivity contribution in [3.8, 4) is 0 Å². The summed E-state index contributed by atoms with van der Waals surface area (Å²) >= 11 is 0. The van der Waals surface area contributed by atoms with E-state index in [-0.39, 0.29) is 0 Å². The molecule has 6 heteroatoms. The molecule has 0 aliphatic rings. The van der Waals surface area contributed by atoms with Gasteiger partial charge in [-0.3, -0.25) is 4.79 Å². The summed E-state index contributed by atoms with van der Waals surface area (Å²) in [6, 6.07) is 4.63. The van der Waals surface area contributed by atoms with E-state index < -0.39 is 23.6 Å². The topological polar surface area (TPSA) is 49.3 Å². The molecule has 1 atom stereocenters. The lowest BCUT2D eigenvalue weighted by atomic mass is 10.1. The van der Waals surface area contributed by atoms with Gasteiger partial charge in [-0.15, -0.1) is 0 Å². The number of halogens is 3. The van der Waals surface area contributed by atoms with Crippen LogP contribution in [0.25, 0.3) is 0 Å². The Kier molecular flexibility index (Phi) is 4.58. The van der Waals surface area contributed by atoms with E-state index in [0.29, 0.717) is 18.7 Å². The van der Waals surface area contributed by atoms with Gasteiger partial charge < -0.3 is 10.4 Å². The van der Waals surface area contributed by atoms with Crippen LogP contribution < -0.4 is 5.32 Å². The number of alkyl halides is 3. The first-order valence-electron chi connectivity index (χ1n) is 5.44. The monoisotopic (exact) mass is 261 g/mol. The Labute approximate surface area is 103 Å². The number of carbonyl (C=O) groups is 1. The minimum absolute atomic E-state index is 0.402. The molecule has 0 radical (unpaired) electrons. The van der Waals surface area contributed by atoms with Gasteiger partial charge in [-0.05, 0) is 30.7 Å². The van der Waals surface area contributed by atoms with E-state index in [0.717, 1.165) is 12.1 Å². The van der Waals surface area contributed by atoms with Crippen LogP contribution in [0.3, 0.4) is 0 Å². The number of carboxylic acids is 1. The Morgan fingerprint density at radius 2 is 1.89 bits per heavy atom. The molecule has 0 bridgehead atoms. The average Bonchev–Trinajstić information content (AvgIpc) is 2.28. The lowest BCUT2D eigenvalue weighted by molar-refractivity contribution is -0.141. The van der Waals surface area contributed by atoms with Crippen LogP contribution in [0.5, 0.6) is 0 Å². The lowest BCUT2D eigenvalue weighted by Gasteiger charge is -2.10. The van der Waals surface area contributed by atoms with Crippen LogP contribution in [-0.2, 0) is 11.0 Å². The van der Waals surface area contributed by atoms with Crippen molar-refractivity contribution >= 4 is 11.7 Å². The second-order valence-corrected chi connectivity index (χ2v) is 4.03. The summed E-state index contributed by atoms with van der Waals surface area (Å²) in [6.07, 6.45) is -3.92. The fourth-order valence-electron chi connectivity index (χ4n) is 1.33. The molecule has 0 saturated carbocycles. The molecule has 0 aliphatic carbocycles. The van der Waals surface area contributed by atoms with Gasteiger partial charge in [-0.2, -0.15) is 13.2 Å². The van der Waals surface area contributed by atoms with Gasteiger partial charge in [0.1, 0.15) is 0 Å². The molecule has 0 spiro atoms. The summed E-state index contributed by atoms with van der Waals surface area (Å²) < 4.78 is 36.8. The molecular weight excluding hydrogens is 247 g/mol. The molecule has 1 aromatic rings. The molecule has 0 amide bonds. The minimum Gasteiger partial charge on any atom is -0.481 e. The van der Waals surface area contributed by atoms with Crippen LogP contribution in [0.1, 0.15) is 18.9 Å². The largest absolute Gasteiger partial charge is 0.481 e. The Balaban J connectivity index is 2.47. The van der Waals surface area contributed by atoms with E-state index in [1.54, 1.807) is 6.92 Å². The first kappa shape index (κ1) is 14.3. The average molecular weight is 261 g/mol. The Hall–Kier alpha value is -1.72. The molecular formula is C12H14F3NO2. The fraction of sp³-hybridized carbons (Fsp3) is 0.417. The second kappa shape index (κ2) is 5.75. The third kappa shape index (κ3) is 4.27. The maximum atomic E-state index is 12.3. The normalized spacial score (nSPS) is 13.1. The Morgan fingerprint density at radius 1 is 1.33 bits per heavy atom. The van der Waals surface area contributed by atoms with Crippen molar-refractivity contribution < 1.29 is 23.1 Å². The summed E-state index contributed by atoms with van der Waals surface area (Å²) in [5.41, 5.74) is -0.160. The highest BCUT2D eigenvalue weighted by Crippen LogP contribution is 2.29. The van der Waals surface area contributed by atoms with E-state index in [4.69, 9.17) is 5.11 Å². The van der Waals surface area contributed by atoms with E-state index in [9.17, 15) is 18.0 Å². The first-order valence-corrected chi connectivity index (χ1v) is 5.44. The van der Waals surface area contributed by atoms with Gasteiger partial charge in [0.2, 0.25) is 0 Å². The number of hydrogen-bond acceptors (Lipinski definition) is 2. The molecule has 1 rings (SSSR count). The molecule has 1 aromatic carbocycles. The third-order valence-corrected chi connectivity index (χ3v) is 2.54. The van der Waals surface area contributed by atoms with E-state index in [1.807, 2.05) is 0 Å². The molecule has 18 heavy (non-hydrogen) atoms. The molecule has 0 heterocycles. The van der Waals surface area contributed by atoms with Crippen molar-refractivity contribution in [1.82, 2.24) is 0 Å². The standard InChI is InChI=1S/C12H14F3NO2/c1-8(11(17)18)6-7-16-10-4-2-9(3-5-10)12(13,14)15/h2-5,8,16H,6-7H2,1H3,(H,17,18). The number of nitrogens with one attached hydrogen (secondary N) is 1. The number of carboxylic acid groups (broad SMARTS) is 1. The van der Waals surface area contributed by atoms with Gasteiger partial charge in [0, 0.05) is 12.2 Å². The zero-order chi connectivity index (χ0) is 13.8. The number of aliphatic carboxylic acids is 1. The third-order valence-electron chi connectivity index (χ3n) is 2.54. The highest BCUT2D eigenvalue weighted by molar-refractivity contribution is 5.69. The molecule has 2 N–H and O–H groups in total. The molecule has 0 saturated heterocycles. The maximum Gasteiger partial charge on any atom is 0.416 e. The molecule has 0 aliphatic heterocycles. The van der Waals surface area contributed by atoms with Crippen molar-refractivity contribution in [3.63, 3.8) is 0 Å². The summed E-state index contributed by atoms with van der Waals surface area (Å²) in [5, 5.41) is 11.5. The van der Waals surface area contributed by atoms with E-state index in [2.05, 4.69) is 5.32 Å². The SMILES string of the molecule is CC(CCNc1ccc(C(F)(F)F)cc1)C(=O)O. The zero-order valence-electron chi connectivity index (χ0n) is 9.79. The van der Waals surface area contributed by atoms with Crippen molar-refractivity contribution in [2.45, 2.75) is 19.5 Å². The summed E-state index contributed by atoms with van der Waals surface area (Å²) in [5.74, 6) is -1.36. The van der Waals surface area contributed by atoms with Crippen molar-refractivity contribution in [3.05, 3.63) is 29.8 Å². The lowest BCUT2D eigenvalue weighted by Crippen LogP contribution is -2.14. The van der Waals surface area contributed by atoms with Crippen LogP contribution in [-0.4, -0.2) is 17.6 Å². The van der Waals surface area contributed by atoms with Gasteiger partial charge in [0.25, 0.3) is 0 Å². The highest BCUT2D eigenvalue weighted by atomic mass is 19.4.